The summed E-state index contributed by atoms with van der Waals surface area (Å²) in [6.07, 6.45) is 3.80. The first-order chi connectivity index (χ1) is 4.77. The molecular weight excluding hydrogens is 164 g/mol. The molecule has 0 saturated heterocycles. The van der Waals surface area contributed by atoms with E-state index in [4.69, 9.17) is 11.6 Å². The highest BCUT2D eigenvalue weighted by molar-refractivity contribution is 7.99. The van der Waals surface area contributed by atoms with Crippen LogP contribution in [0.25, 0.3) is 0 Å². The monoisotopic (exact) mass is 180 g/mol. The van der Waals surface area contributed by atoms with Gasteiger partial charge in [-0.15, -0.1) is 11.6 Å². The first-order valence-corrected chi connectivity index (χ1v) is 5.53. The van der Waals surface area contributed by atoms with Crippen LogP contribution >= 0.6 is 23.4 Å². The summed E-state index contributed by atoms with van der Waals surface area (Å²) in [7, 11) is 0. The van der Waals surface area contributed by atoms with Crippen LogP contribution in [-0.4, -0.2) is 16.9 Å². The van der Waals surface area contributed by atoms with Gasteiger partial charge in [-0.2, -0.15) is 11.8 Å². The lowest BCUT2D eigenvalue weighted by Crippen LogP contribution is -1.89. The van der Waals surface area contributed by atoms with E-state index in [1.807, 2.05) is 11.8 Å². The second-order valence-electron chi connectivity index (χ2n) is 2.67. The SMILES string of the molecule is CC(C)SCCCCCCl. The average molecular weight is 181 g/mol. The van der Waals surface area contributed by atoms with Crippen molar-refractivity contribution in [2.24, 2.45) is 0 Å². The van der Waals surface area contributed by atoms with E-state index in [2.05, 4.69) is 13.8 Å². The van der Waals surface area contributed by atoms with E-state index in [1.54, 1.807) is 0 Å². The van der Waals surface area contributed by atoms with Gasteiger partial charge < -0.3 is 0 Å². The molecule has 0 fully saturated rings. The molecule has 62 valence electrons. The van der Waals surface area contributed by atoms with Crippen molar-refractivity contribution in [1.82, 2.24) is 0 Å². The number of hydrogen-bond donors (Lipinski definition) is 0. The lowest BCUT2D eigenvalue weighted by Gasteiger charge is -2.02. The van der Waals surface area contributed by atoms with Gasteiger partial charge in [-0.1, -0.05) is 20.3 Å². The van der Waals surface area contributed by atoms with Crippen LogP contribution in [0.1, 0.15) is 33.1 Å². The van der Waals surface area contributed by atoms with E-state index >= 15 is 0 Å². The summed E-state index contributed by atoms with van der Waals surface area (Å²) in [4.78, 5) is 0. The predicted octanol–water partition coefficient (Wildman–Crippen LogP) is 3.54. The first kappa shape index (κ1) is 10.6. The Bertz CT molecular complexity index is 64.3. The van der Waals surface area contributed by atoms with Gasteiger partial charge in [0.2, 0.25) is 0 Å². The Labute approximate surface area is 73.7 Å². The van der Waals surface area contributed by atoms with Crippen LogP contribution in [0, 0.1) is 0 Å². The second-order valence-corrected chi connectivity index (χ2v) is 4.73. The molecule has 0 atom stereocenters. The molecule has 0 aromatic carbocycles. The Morgan fingerprint density at radius 3 is 2.40 bits per heavy atom. The predicted molar refractivity (Wildman–Crippen MR) is 52.2 cm³/mol. The highest BCUT2D eigenvalue weighted by Gasteiger charge is 1.93. The molecule has 0 bridgehead atoms. The zero-order valence-electron chi connectivity index (χ0n) is 6.90. The van der Waals surface area contributed by atoms with Crippen molar-refractivity contribution >= 4 is 23.4 Å². The average Bonchev–Trinajstić information content (AvgIpc) is 1.87. The fraction of sp³-hybridized carbons (Fsp3) is 1.00. The maximum atomic E-state index is 5.54. The molecule has 0 aliphatic rings. The van der Waals surface area contributed by atoms with Crippen LogP contribution in [0.4, 0.5) is 0 Å². The number of hydrogen-bond acceptors (Lipinski definition) is 1. The highest BCUT2D eigenvalue weighted by Crippen LogP contribution is 2.12. The maximum absolute atomic E-state index is 5.54. The molecule has 0 amide bonds. The molecule has 10 heavy (non-hydrogen) atoms. The van der Waals surface area contributed by atoms with Crippen molar-refractivity contribution in [3.8, 4) is 0 Å². The van der Waals surface area contributed by atoms with Crippen molar-refractivity contribution in [3.63, 3.8) is 0 Å². The number of rotatable bonds is 6. The van der Waals surface area contributed by atoms with E-state index in [9.17, 15) is 0 Å². The normalized spacial score (nSPS) is 10.8. The van der Waals surface area contributed by atoms with E-state index in [-0.39, 0.29) is 0 Å². The molecule has 0 aliphatic heterocycles. The molecular formula is C8H17ClS. The van der Waals surface area contributed by atoms with Crippen molar-refractivity contribution in [2.45, 2.75) is 38.4 Å². The fourth-order valence-corrected chi connectivity index (χ4v) is 1.72. The van der Waals surface area contributed by atoms with Gasteiger partial charge in [0.05, 0.1) is 0 Å². The Morgan fingerprint density at radius 2 is 1.90 bits per heavy atom. The third-order valence-corrected chi connectivity index (χ3v) is 2.69. The minimum absolute atomic E-state index is 0.788. The van der Waals surface area contributed by atoms with Crippen LogP contribution in [0.2, 0.25) is 0 Å². The molecule has 2 heteroatoms. The van der Waals surface area contributed by atoms with E-state index in [1.165, 1.54) is 25.0 Å². The zero-order valence-corrected chi connectivity index (χ0v) is 8.47. The number of unbranched alkanes of at least 4 members (excludes halogenated alkanes) is 2. The molecule has 0 spiro atoms. The lowest BCUT2D eigenvalue weighted by atomic mass is 10.3. The van der Waals surface area contributed by atoms with Gasteiger partial charge in [0.15, 0.2) is 0 Å². The Balaban J connectivity index is 2.77. The number of thioether (sulfide) groups is 1. The molecule has 0 heterocycles. The van der Waals surface area contributed by atoms with E-state index < -0.39 is 0 Å². The molecule has 0 aromatic heterocycles. The van der Waals surface area contributed by atoms with Crippen LogP contribution in [0.5, 0.6) is 0 Å². The molecule has 0 aliphatic carbocycles. The molecule has 0 rings (SSSR count). The van der Waals surface area contributed by atoms with Crippen molar-refractivity contribution < 1.29 is 0 Å². The maximum Gasteiger partial charge on any atom is 0.0223 e. The summed E-state index contributed by atoms with van der Waals surface area (Å²) < 4.78 is 0. The third kappa shape index (κ3) is 8.64. The molecule has 0 unspecified atom stereocenters. The zero-order chi connectivity index (χ0) is 7.82. The third-order valence-electron chi connectivity index (χ3n) is 1.23. The van der Waals surface area contributed by atoms with Gasteiger partial charge in [-0.05, 0) is 23.8 Å². The Morgan fingerprint density at radius 1 is 1.20 bits per heavy atom. The fourth-order valence-electron chi connectivity index (χ4n) is 0.692. The van der Waals surface area contributed by atoms with Crippen molar-refractivity contribution in [3.05, 3.63) is 0 Å². The standard InChI is InChI=1S/C8H17ClS/c1-8(2)10-7-5-3-4-6-9/h8H,3-7H2,1-2H3. The number of halogens is 1. The Kier molecular flexibility index (Phi) is 8.24. The second kappa shape index (κ2) is 7.74. The summed E-state index contributed by atoms with van der Waals surface area (Å²) in [5.74, 6) is 2.13. The van der Waals surface area contributed by atoms with Crippen LogP contribution < -0.4 is 0 Å². The smallest absolute Gasteiger partial charge is 0.0223 e. The summed E-state index contributed by atoms with van der Waals surface area (Å²) in [5.41, 5.74) is 0. The van der Waals surface area contributed by atoms with Crippen LogP contribution in [0.15, 0.2) is 0 Å². The van der Waals surface area contributed by atoms with Gasteiger partial charge in [0, 0.05) is 5.88 Å². The summed E-state index contributed by atoms with van der Waals surface area (Å²) >= 11 is 7.57. The molecule has 0 saturated carbocycles. The molecule has 0 radical (unpaired) electrons. The van der Waals surface area contributed by atoms with E-state index in [0.717, 1.165) is 11.1 Å². The van der Waals surface area contributed by atoms with E-state index in [0.29, 0.717) is 0 Å². The van der Waals surface area contributed by atoms with Gasteiger partial charge in [0.1, 0.15) is 0 Å². The minimum atomic E-state index is 0.788. The summed E-state index contributed by atoms with van der Waals surface area (Å²) in [6, 6.07) is 0. The van der Waals surface area contributed by atoms with Gasteiger partial charge in [-0.25, -0.2) is 0 Å². The van der Waals surface area contributed by atoms with Crippen LogP contribution in [-0.2, 0) is 0 Å². The molecule has 0 N–H and O–H groups in total. The number of alkyl halides is 1. The quantitative estimate of drug-likeness (QED) is 0.445. The minimum Gasteiger partial charge on any atom is -0.159 e. The highest BCUT2D eigenvalue weighted by atomic mass is 35.5. The van der Waals surface area contributed by atoms with Gasteiger partial charge in [0.25, 0.3) is 0 Å². The Hall–Kier alpha value is 0.640. The van der Waals surface area contributed by atoms with Crippen molar-refractivity contribution in [1.29, 1.82) is 0 Å². The summed E-state index contributed by atoms with van der Waals surface area (Å²) in [5, 5.41) is 0.788. The molecule has 0 aromatic rings. The topological polar surface area (TPSA) is 0 Å². The lowest BCUT2D eigenvalue weighted by molar-refractivity contribution is 0.782. The van der Waals surface area contributed by atoms with Crippen molar-refractivity contribution in [2.75, 3.05) is 11.6 Å². The van der Waals surface area contributed by atoms with Gasteiger partial charge in [-0.3, -0.25) is 0 Å². The summed E-state index contributed by atoms with van der Waals surface area (Å²) in [6.45, 7) is 4.48. The van der Waals surface area contributed by atoms with Crippen LogP contribution in [0.3, 0.4) is 0 Å². The first-order valence-electron chi connectivity index (χ1n) is 3.95. The van der Waals surface area contributed by atoms with Gasteiger partial charge >= 0.3 is 0 Å². The largest absolute Gasteiger partial charge is 0.159 e. The molecule has 0 nitrogen and oxygen atoms in total.